The lowest BCUT2D eigenvalue weighted by molar-refractivity contribution is 0.475. The number of aryl methyl sites for hydroxylation is 1. The molecule has 4 heteroatoms. The zero-order valence-electron chi connectivity index (χ0n) is 10.8. The highest BCUT2D eigenvalue weighted by molar-refractivity contribution is 7.81. The molecule has 20 heavy (non-hydrogen) atoms. The quantitative estimate of drug-likeness (QED) is 0.643. The first-order valence-corrected chi connectivity index (χ1v) is 6.65. The van der Waals surface area contributed by atoms with E-state index in [2.05, 4.69) is 0 Å². The summed E-state index contributed by atoms with van der Waals surface area (Å²) in [6, 6.07) is 4.69. The van der Waals surface area contributed by atoms with Crippen LogP contribution < -0.4 is 5.63 Å². The van der Waals surface area contributed by atoms with E-state index in [4.69, 9.17) is 16.6 Å². The number of hydrogen-bond acceptors (Lipinski definition) is 4. The zero-order valence-corrected chi connectivity index (χ0v) is 11.7. The number of allylic oxidation sites excluding steroid dienone is 4. The van der Waals surface area contributed by atoms with Gasteiger partial charge in [-0.15, -0.1) is 0 Å². The van der Waals surface area contributed by atoms with Crippen LogP contribution in [0.1, 0.15) is 17.5 Å². The van der Waals surface area contributed by atoms with Crippen molar-refractivity contribution < 1.29 is 9.52 Å². The van der Waals surface area contributed by atoms with E-state index in [0.29, 0.717) is 17.6 Å². The summed E-state index contributed by atoms with van der Waals surface area (Å²) in [6.07, 6.45) is 6.32. The fourth-order valence-electron chi connectivity index (χ4n) is 2.42. The van der Waals surface area contributed by atoms with Crippen LogP contribution in [-0.2, 0) is 0 Å². The molecule has 1 aromatic heterocycles. The summed E-state index contributed by atoms with van der Waals surface area (Å²) in [5, 5.41) is 10.3. The number of benzene rings is 1. The number of aromatic hydroxyl groups is 1. The monoisotopic (exact) mass is 284 g/mol. The van der Waals surface area contributed by atoms with E-state index < -0.39 is 5.63 Å². The van der Waals surface area contributed by atoms with Crippen LogP contribution >= 0.6 is 12.2 Å². The van der Waals surface area contributed by atoms with Gasteiger partial charge >= 0.3 is 5.63 Å². The van der Waals surface area contributed by atoms with Crippen molar-refractivity contribution in [1.29, 1.82) is 0 Å². The number of phenolic OH excluding ortho intramolecular Hbond substituents is 1. The first-order chi connectivity index (χ1) is 9.58. The highest BCUT2D eigenvalue weighted by Crippen LogP contribution is 2.29. The molecule has 0 saturated heterocycles. The topological polar surface area (TPSA) is 50.4 Å². The van der Waals surface area contributed by atoms with Gasteiger partial charge in [0.15, 0.2) is 0 Å². The smallest absolute Gasteiger partial charge is 0.344 e. The van der Waals surface area contributed by atoms with Gasteiger partial charge in [0, 0.05) is 22.2 Å². The molecule has 1 N–H and O–H groups in total. The molecule has 1 heterocycles. The lowest BCUT2D eigenvalue weighted by Crippen LogP contribution is -2.14. The van der Waals surface area contributed by atoms with E-state index in [-0.39, 0.29) is 5.75 Å². The maximum atomic E-state index is 12.2. The number of fused-ring (bicyclic) bond motifs is 1. The summed E-state index contributed by atoms with van der Waals surface area (Å²) in [5.41, 5.74) is 2.06. The lowest BCUT2D eigenvalue weighted by atomic mass is 9.93. The van der Waals surface area contributed by atoms with Crippen molar-refractivity contribution in [2.75, 3.05) is 0 Å². The predicted molar refractivity (Wildman–Crippen MR) is 83.2 cm³/mol. The molecule has 1 aliphatic rings. The molecule has 0 bridgehead atoms. The maximum absolute atomic E-state index is 12.2. The Kier molecular flexibility index (Phi) is 3.03. The van der Waals surface area contributed by atoms with Gasteiger partial charge < -0.3 is 9.52 Å². The van der Waals surface area contributed by atoms with Crippen LogP contribution in [0.5, 0.6) is 5.75 Å². The maximum Gasteiger partial charge on any atom is 0.344 e. The summed E-state index contributed by atoms with van der Waals surface area (Å²) >= 11 is 5.33. The predicted octanol–water partition coefficient (Wildman–Crippen LogP) is 3.52. The fraction of sp³-hybridized carbons (Fsp3) is 0.125. The van der Waals surface area contributed by atoms with Crippen LogP contribution in [0.25, 0.3) is 16.5 Å². The van der Waals surface area contributed by atoms with E-state index in [0.717, 1.165) is 21.4 Å². The molecule has 0 atom stereocenters. The minimum absolute atomic E-state index is 0.139. The van der Waals surface area contributed by atoms with Crippen molar-refractivity contribution in [2.24, 2.45) is 0 Å². The van der Waals surface area contributed by atoms with Gasteiger partial charge in [0.05, 0.1) is 5.56 Å². The summed E-state index contributed by atoms with van der Waals surface area (Å²) in [4.78, 5) is 13.0. The van der Waals surface area contributed by atoms with E-state index >= 15 is 0 Å². The number of phenols is 1. The van der Waals surface area contributed by atoms with Gasteiger partial charge in [-0.3, -0.25) is 0 Å². The molecular formula is C16H12O3S. The Bertz CT molecular complexity index is 841. The van der Waals surface area contributed by atoms with Crippen LogP contribution in [-0.4, -0.2) is 9.97 Å². The highest BCUT2D eigenvalue weighted by atomic mass is 32.1. The van der Waals surface area contributed by atoms with Crippen molar-refractivity contribution in [3.63, 3.8) is 0 Å². The second-order valence-electron chi connectivity index (χ2n) is 4.71. The van der Waals surface area contributed by atoms with Gasteiger partial charge in [-0.1, -0.05) is 30.4 Å². The Morgan fingerprint density at radius 2 is 2.15 bits per heavy atom. The van der Waals surface area contributed by atoms with E-state index in [1.165, 1.54) is 6.07 Å². The first-order valence-electron chi connectivity index (χ1n) is 6.25. The average Bonchev–Trinajstić information content (AvgIpc) is 2.42. The van der Waals surface area contributed by atoms with Crippen molar-refractivity contribution in [1.82, 2.24) is 0 Å². The van der Waals surface area contributed by atoms with Crippen LogP contribution in [0.15, 0.2) is 45.6 Å². The molecule has 0 amide bonds. The van der Waals surface area contributed by atoms with Crippen molar-refractivity contribution in [2.45, 2.75) is 13.3 Å². The summed E-state index contributed by atoms with van der Waals surface area (Å²) in [5.74, 6) is 0.139. The fourth-order valence-corrected chi connectivity index (χ4v) is 2.68. The standard InChI is InChI=1S/C16H12O3S/c1-9-12-8-10(17)6-7-13(12)19-16(18)15(9)11-4-2-3-5-14(11)20/h2-4,6-8,17H,5H2,1H3. The molecule has 2 aromatic rings. The average molecular weight is 284 g/mol. The molecule has 0 saturated carbocycles. The molecule has 0 aliphatic heterocycles. The second kappa shape index (κ2) is 4.72. The van der Waals surface area contributed by atoms with E-state index in [1.54, 1.807) is 12.1 Å². The van der Waals surface area contributed by atoms with Crippen LogP contribution in [0.4, 0.5) is 0 Å². The summed E-state index contributed by atoms with van der Waals surface area (Å²) in [7, 11) is 0. The normalized spacial score (nSPS) is 14.7. The van der Waals surface area contributed by atoms with Gasteiger partial charge in [0.1, 0.15) is 11.3 Å². The number of thiocarbonyl (C=S) groups is 1. The van der Waals surface area contributed by atoms with E-state index in [1.807, 2.05) is 25.2 Å². The zero-order chi connectivity index (χ0) is 14.3. The van der Waals surface area contributed by atoms with Crippen molar-refractivity contribution in [3.05, 3.63) is 58.0 Å². The van der Waals surface area contributed by atoms with Gasteiger partial charge in [0.25, 0.3) is 0 Å². The third kappa shape index (κ3) is 1.98. The Balaban J connectivity index is 2.36. The lowest BCUT2D eigenvalue weighted by Gasteiger charge is -2.13. The van der Waals surface area contributed by atoms with Crippen molar-refractivity contribution >= 4 is 33.6 Å². The largest absolute Gasteiger partial charge is 0.508 e. The molecule has 3 rings (SSSR count). The minimum atomic E-state index is -0.399. The molecule has 0 spiro atoms. The summed E-state index contributed by atoms with van der Waals surface area (Å²) in [6.45, 7) is 1.84. The highest BCUT2D eigenvalue weighted by Gasteiger charge is 2.19. The van der Waals surface area contributed by atoms with Crippen LogP contribution in [0.3, 0.4) is 0 Å². The Hall–Kier alpha value is -2.20. The number of rotatable bonds is 1. The Labute approximate surface area is 120 Å². The van der Waals surface area contributed by atoms with Crippen LogP contribution in [0, 0.1) is 6.92 Å². The molecular weight excluding hydrogens is 272 g/mol. The van der Waals surface area contributed by atoms with Gasteiger partial charge in [-0.05, 0) is 30.7 Å². The van der Waals surface area contributed by atoms with E-state index in [9.17, 15) is 9.90 Å². The molecule has 0 radical (unpaired) electrons. The molecule has 1 aliphatic carbocycles. The first kappa shape index (κ1) is 12.8. The third-order valence-corrected chi connectivity index (χ3v) is 3.81. The SMILES string of the molecule is Cc1c(C2=CC=CCC2=S)c(=O)oc2ccc(O)cc12. The molecule has 0 fully saturated rings. The number of hydrogen-bond donors (Lipinski definition) is 1. The molecule has 0 unspecified atom stereocenters. The Morgan fingerprint density at radius 1 is 1.35 bits per heavy atom. The Morgan fingerprint density at radius 3 is 2.90 bits per heavy atom. The van der Waals surface area contributed by atoms with Crippen molar-refractivity contribution in [3.8, 4) is 5.75 Å². The second-order valence-corrected chi connectivity index (χ2v) is 5.20. The molecule has 100 valence electrons. The molecule has 1 aromatic carbocycles. The summed E-state index contributed by atoms with van der Waals surface area (Å²) < 4.78 is 5.34. The van der Waals surface area contributed by atoms with Crippen LogP contribution in [0.2, 0.25) is 0 Å². The minimum Gasteiger partial charge on any atom is -0.508 e. The van der Waals surface area contributed by atoms with Gasteiger partial charge in [0.2, 0.25) is 0 Å². The van der Waals surface area contributed by atoms with Gasteiger partial charge in [-0.25, -0.2) is 4.79 Å². The van der Waals surface area contributed by atoms with Gasteiger partial charge in [-0.2, -0.15) is 0 Å². The third-order valence-electron chi connectivity index (χ3n) is 3.42. The molecule has 3 nitrogen and oxygen atoms in total.